The van der Waals surface area contributed by atoms with Crippen LogP contribution in [0, 0.1) is 0 Å². The molecule has 0 bridgehead atoms. The van der Waals surface area contributed by atoms with Gasteiger partial charge in [0.2, 0.25) is 15.9 Å². The summed E-state index contributed by atoms with van der Waals surface area (Å²) in [6.07, 6.45) is 1.91. The Kier molecular flexibility index (Phi) is 5.01. The molecular weight excluding hydrogens is 358 g/mol. The van der Waals surface area contributed by atoms with Crippen molar-refractivity contribution in [3.8, 4) is 11.6 Å². The fraction of sp³-hybridized carbons (Fsp3) is 0.412. The van der Waals surface area contributed by atoms with E-state index in [1.165, 1.54) is 0 Å². The summed E-state index contributed by atoms with van der Waals surface area (Å²) in [6, 6.07) is 4.78. The Morgan fingerprint density at radius 2 is 2.19 bits per heavy atom. The highest BCUT2D eigenvalue weighted by Gasteiger charge is 2.27. The molecular formula is C17H21N3O5S. The van der Waals surface area contributed by atoms with Gasteiger partial charge in [-0.15, -0.1) is 0 Å². The van der Waals surface area contributed by atoms with Gasteiger partial charge in [0.25, 0.3) is 5.91 Å². The number of pyridine rings is 1. The van der Waals surface area contributed by atoms with Crippen molar-refractivity contribution in [1.82, 2.24) is 9.71 Å². The third-order valence-electron chi connectivity index (χ3n) is 3.96. The third kappa shape index (κ3) is 4.05. The number of amides is 1. The van der Waals surface area contributed by atoms with E-state index in [0.717, 1.165) is 5.39 Å². The van der Waals surface area contributed by atoms with Crippen molar-refractivity contribution in [3.05, 3.63) is 30.0 Å². The molecule has 3 rings (SSSR count). The summed E-state index contributed by atoms with van der Waals surface area (Å²) in [5, 5.41) is 1.39. The van der Waals surface area contributed by atoms with Gasteiger partial charge in [0.15, 0.2) is 0 Å². The van der Waals surface area contributed by atoms with Gasteiger partial charge in [-0.1, -0.05) is 0 Å². The second kappa shape index (κ2) is 7.08. The molecule has 2 heterocycles. The average molecular weight is 379 g/mol. The van der Waals surface area contributed by atoms with Crippen LogP contribution >= 0.6 is 0 Å². The summed E-state index contributed by atoms with van der Waals surface area (Å²) < 4.78 is 36.9. The first-order valence-corrected chi connectivity index (χ1v) is 9.92. The molecule has 2 aromatic rings. The monoisotopic (exact) mass is 379 g/mol. The minimum atomic E-state index is -3.20. The lowest BCUT2D eigenvalue weighted by molar-refractivity contribution is 0.0994. The van der Waals surface area contributed by atoms with E-state index in [1.54, 1.807) is 24.4 Å². The van der Waals surface area contributed by atoms with E-state index in [2.05, 4.69) is 9.71 Å². The number of fused-ring (bicyclic) bond motifs is 1. The molecule has 1 aromatic heterocycles. The van der Waals surface area contributed by atoms with Crippen LogP contribution < -0.4 is 19.9 Å². The predicted molar refractivity (Wildman–Crippen MR) is 96.8 cm³/mol. The molecule has 1 amide bonds. The zero-order valence-corrected chi connectivity index (χ0v) is 15.4. The van der Waals surface area contributed by atoms with Crippen molar-refractivity contribution in [2.24, 2.45) is 5.73 Å². The van der Waals surface area contributed by atoms with Crippen LogP contribution in [-0.2, 0) is 10.0 Å². The quantitative estimate of drug-likeness (QED) is 0.778. The number of nitrogens with two attached hydrogens (primary N) is 1. The van der Waals surface area contributed by atoms with E-state index < -0.39 is 15.9 Å². The molecule has 140 valence electrons. The Labute approximate surface area is 151 Å². The Morgan fingerprint density at radius 1 is 1.42 bits per heavy atom. The van der Waals surface area contributed by atoms with Crippen molar-refractivity contribution < 1.29 is 22.7 Å². The van der Waals surface area contributed by atoms with E-state index >= 15 is 0 Å². The smallest absolute Gasteiger partial charge is 0.252 e. The van der Waals surface area contributed by atoms with Crippen LogP contribution in [0.25, 0.3) is 10.8 Å². The van der Waals surface area contributed by atoms with Crippen molar-refractivity contribution in [2.75, 3.05) is 12.4 Å². The maximum atomic E-state index is 11.7. The molecule has 1 saturated heterocycles. The van der Waals surface area contributed by atoms with Gasteiger partial charge in [0.05, 0.1) is 23.5 Å². The van der Waals surface area contributed by atoms with Gasteiger partial charge in [0, 0.05) is 11.6 Å². The molecule has 8 nitrogen and oxygen atoms in total. The number of benzene rings is 1. The van der Waals surface area contributed by atoms with Crippen LogP contribution in [-0.4, -0.2) is 43.8 Å². The number of carbonyl (C=O) groups excluding carboxylic acids is 1. The van der Waals surface area contributed by atoms with Crippen molar-refractivity contribution in [2.45, 2.75) is 32.4 Å². The van der Waals surface area contributed by atoms with E-state index in [9.17, 15) is 13.2 Å². The van der Waals surface area contributed by atoms with Crippen molar-refractivity contribution in [3.63, 3.8) is 0 Å². The minimum absolute atomic E-state index is 0.0956. The topological polar surface area (TPSA) is 121 Å². The Morgan fingerprint density at radius 3 is 2.81 bits per heavy atom. The highest BCUT2D eigenvalue weighted by atomic mass is 32.2. The molecule has 26 heavy (non-hydrogen) atoms. The first kappa shape index (κ1) is 18.4. The molecule has 1 fully saturated rings. The SMILES string of the molecule is CC(C)Oc1cc2c(OCC3CCS(=O)(=O)N3)nccc2cc1C(N)=O. The molecule has 0 aliphatic carbocycles. The molecule has 0 saturated carbocycles. The lowest BCUT2D eigenvalue weighted by Gasteiger charge is -2.16. The standard InChI is InChI=1S/C17H21N3O5S/c1-10(2)25-15-8-13-11(7-14(15)16(18)21)3-5-19-17(13)24-9-12-4-6-26(22,23)20-12/h3,5,7-8,10,12,20H,4,6,9H2,1-2H3,(H2,18,21). The molecule has 1 atom stereocenters. The highest BCUT2D eigenvalue weighted by Crippen LogP contribution is 2.31. The zero-order chi connectivity index (χ0) is 18.9. The molecule has 0 spiro atoms. The number of rotatable bonds is 6. The fourth-order valence-electron chi connectivity index (χ4n) is 2.80. The van der Waals surface area contributed by atoms with E-state index in [0.29, 0.717) is 23.4 Å². The van der Waals surface area contributed by atoms with Crippen LogP contribution in [0.1, 0.15) is 30.6 Å². The molecule has 1 unspecified atom stereocenters. The van der Waals surface area contributed by atoms with Crippen LogP contribution in [0.15, 0.2) is 24.4 Å². The first-order valence-electron chi connectivity index (χ1n) is 8.27. The molecule has 1 aliphatic heterocycles. The number of ether oxygens (including phenoxy) is 2. The second-order valence-corrected chi connectivity index (χ2v) is 8.32. The van der Waals surface area contributed by atoms with Gasteiger partial charge < -0.3 is 15.2 Å². The van der Waals surface area contributed by atoms with Crippen LogP contribution in [0.3, 0.4) is 0 Å². The summed E-state index contributed by atoms with van der Waals surface area (Å²) in [5.74, 6) is 0.220. The van der Waals surface area contributed by atoms with Gasteiger partial charge in [0.1, 0.15) is 12.4 Å². The predicted octanol–water partition coefficient (Wildman–Crippen LogP) is 1.19. The van der Waals surface area contributed by atoms with E-state index in [4.69, 9.17) is 15.2 Å². The normalized spacial score (nSPS) is 19.0. The molecule has 0 radical (unpaired) electrons. The Hall–Kier alpha value is -2.39. The Balaban J connectivity index is 1.92. The average Bonchev–Trinajstić information content (AvgIpc) is 2.90. The number of nitrogens with zero attached hydrogens (tertiary/aromatic N) is 1. The number of aromatic nitrogens is 1. The van der Waals surface area contributed by atoms with Gasteiger partial charge >= 0.3 is 0 Å². The molecule has 1 aromatic carbocycles. The van der Waals surface area contributed by atoms with E-state index in [1.807, 2.05) is 13.8 Å². The number of hydrogen-bond donors (Lipinski definition) is 2. The second-order valence-electron chi connectivity index (χ2n) is 6.45. The van der Waals surface area contributed by atoms with Gasteiger partial charge in [-0.2, -0.15) is 0 Å². The lowest BCUT2D eigenvalue weighted by atomic mass is 10.1. The number of primary amides is 1. The zero-order valence-electron chi connectivity index (χ0n) is 14.6. The van der Waals surface area contributed by atoms with Crippen molar-refractivity contribution in [1.29, 1.82) is 0 Å². The fourth-order valence-corrected chi connectivity index (χ4v) is 4.21. The summed E-state index contributed by atoms with van der Waals surface area (Å²) in [7, 11) is -3.20. The molecule has 3 N–H and O–H groups in total. The van der Waals surface area contributed by atoms with E-state index in [-0.39, 0.29) is 30.1 Å². The highest BCUT2D eigenvalue weighted by molar-refractivity contribution is 7.89. The van der Waals surface area contributed by atoms with Gasteiger partial charge in [-0.05, 0) is 43.9 Å². The van der Waals surface area contributed by atoms with Gasteiger partial charge in [-0.3, -0.25) is 4.79 Å². The van der Waals surface area contributed by atoms with Gasteiger partial charge in [-0.25, -0.2) is 18.1 Å². The number of sulfonamides is 1. The number of hydrogen-bond acceptors (Lipinski definition) is 6. The molecule has 1 aliphatic rings. The van der Waals surface area contributed by atoms with Crippen molar-refractivity contribution >= 4 is 26.7 Å². The summed E-state index contributed by atoms with van der Waals surface area (Å²) in [5.41, 5.74) is 5.74. The van der Waals surface area contributed by atoms with Crippen LogP contribution in [0.2, 0.25) is 0 Å². The molecule has 9 heteroatoms. The number of nitrogens with one attached hydrogen (secondary N) is 1. The third-order valence-corrected chi connectivity index (χ3v) is 5.42. The minimum Gasteiger partial charge on any atom is -0.490 e. The maximum absolute atomic E-state index is 11.7. The van der Waals surface area contributed by atoms with Crippen LogP contribution in [0.5, 0.6) is 11.6 Å². The first-order chi connectivity index (χ1) is 12.2. The summed E-state index contributed by atoms with van der Waals surface area (Å²) in [4.78, 5) is 16.0. The largest absolute Gasteiger partial charge is 0.490 e. The maximum Gasteiger partial charge on any atom is 0.252 e. The van der Waals surface area contributed by atoms with Crippen LogP contribution in [0.4, 0.5) is 0 Å². The lowest BCUT2D eigenvalue weighted by Crippen LogP contribution is -2.31. The number of carbonyl (C=O) groups is 1. The summed E-state index contributed by atoms with van der Waals surface area (Å²) in [6.45, 7) is 3.87. The summed E-state index contributed by atoms with van der Waals surface area (Å²) >= 11 is 0. The Bertz CT molecular complexity index is 943.